The van der Waals surface area contributed by atoms with E-state index in [9.17, 15) is 28.8 Å². The number of carbonyl (C=O) groups is 6. The van der Waals surface area contributed by atoms with Gasteiger partial charge in [0, 0.05) is 12.6 Å². The third-order valence-electron chi connectivity index (χ3n) is 8.06. The first-order chi connectivity index (χ1) is 28.1. The molecule has 15 nitrogen and oxygen atoms in total. The molecule has 1 heterocycles. The Hall–Kier alpha value is -6.51. The highest BCUT2D eigenvalue weighted by molar-refractivity contribution is 5.92. The van der Waals surface area contributed by atoms with Crippen LogP contribution < -0.4 is 27.0 Å². The van der Waals surface area contributed by atoms with Crippen molar-refractivity contribution in [1.29, 1.82) is 0 Å². The van der Waals surface area contributed by atoms with Crippen LogP contribution in [0, 0.1) is 0 Å². The van der Waals surface area contributed by atoms with Crippen LogP contribution in [0.4, 0.5) is 15.4 Å². The summed E-state index contributed by atoms with van der Waals surface area (Å²) in [4.78, 5) is 77.0. The Kier molecular flexibility index (Phi) is 20.2. The molecule has 0 saturated heterocycles. The lowest BCUT2D eigenvalue weighted by molar-refractivity contribution is -0.141. The maximum Gasteiger partial charge on any atom is 0.408 e. The lowest BCUT2D eigenvalue weighted by atomic mass is 10.0. The lowest BCUT2D eigenvalue weighted by Gasteiger charge is -2.23. The monoisotopic (exact) mass is 828 g/mol. The standard InChI is InChI=1S/C26H34N4O4.C19H26N2O5/c1-18(22(31)15-13-20-14-16-23(27)28-17-20)29-24(32)21(30-25(33)34-26(2,3)4)12-8-11-19-9-6-5-7-10-19;1-13(17(23)24)20-16(22)15(21-18(25)26-19(2,3)4)12-8-11-14-9-6-5-7-10-14/h5-11,14,16-18,21H,12-13,15H2,1-4H3,(H2,27,28)(H,29,32)(H,30,33);5-11,13,15H,12H2,1-4H3,(H,20,22)(H,21,25)(H,23,24)/b2*11-8+/t18-,21+;13-,15+/m00/s1. The molecule has 4 amide bonds. The molecule has 0 saturated carbocycles. The summed E-state index contributed by atoms with van der Waals surface area (Å²) < 4.78 is 10.5. The third kappa shape index (κ3) is 21.3. The van der Waals surface area contributed by atoms with Gasteiger partial charge < -0.3 is 41.6 Å². The smallest absolute Gasteiger partial charge is 0.408 e. The van der Waals surface area contributed by atoms with E-state index in [1.54, 1.807) is 72.9 Å². The van der Waals surface area contributed by atoms with Crippen molar-refractivity contribution < 1.29 is 43.3 Å². The van der Waals surface area contributed by atoms with Gasteiger partial charge in [-0.1, -0.05) is 91.0 Å². The van der Waals surface area contributed by atoms with Gasteiger partial charge in [-0.15, -0.1) is 0 Å². The van der Waals surface area contributed by atoms with E-state index in [2.05, 4.69) is 26.3 Å². The Bertz CT molecular complexity index is 1900. The number of amides is 4. The molecule has 3 aromatic rings. The van der Waals surface area contributed by atoms with Gasteiger partial charge in [0.1, 0.15) is 35.1 Å². The van der Waals surface area contributed by atoms with Crippen LogP contribution in [0.15, 0.2) is 91.1 Å². The highest BCUT2D eigenvalue weighted by Gasteiger charge is 2.27. The number of hydrogen-bond donors (Lipinski definition) is 6. The Labute approximate surface area is 352 Å². The van der Waals surface area contributed by atoms with Crippen molar-refractivity contribution >= 4 is 53.7 Å². The number of aliphatic carboxylic acids is 1. The summed E-state index contributed by atoms with van der Waals surface area (Å²) in [5.74, 6) is -1.92. The molecule has 4 atom stereocenters. The first-order valence-corrected chi connectivity index (χ1v) is 19.6. The number of pyridine rings is 1. The van der Waals surface area contributed by atoms with E-state index in [0.717, 1.165) is 16.7 Å². The first-order valence-electron chi connectivity index (χ1n) is 19.6. The van der Waals surface area contributed by atoms with Crippen LogP contribution in [0.2, 0.25) is 0 Å². The lowest BCUT2D eigenvalue weighted by Crippen LogP contribution is -2.51. The molecule has 0 aliphatic rings. The molecule has 324 valence electrons. The number of nitrogen functional groups attached to an aromatic ring is 1. The van der Waals surface area contributed by atoms with Crippen LogP contribution in [0.5, 0.6) is 0 Å². The highest BCUT2D eigenvalue weighted by Crippen LogP contribution is 2.11. The zero-order valence-electron chi connectivity index (χ0n) is 35.7. The largest absolute Gasteiger partial charge is 0.480 e. The first kappa shape index (κ1) is 49.6. The van der Waals surface area contributed by atoms with Crippen LogP contribution in [0.3, 0.4) is 0 Å². The second kappa shape index (κ2) is 24.4. The average Bonchev–Trinajstić information content (AvgIpc) is 3.16. The molecule has 0 fully saturated rings. The van der Waals surface area contributed by atoms with Crippen molar-refractivity contribution in [2.75, 3.05) is 5.73 Å². The molecule has 60 heavy (non-hydrogen) atoms. The summed E-state index contributed by atoms with van der Waals surface area (Å²) in [5, 5.41) is 19.1. The van der Waals surface area contributed by atoms with E-state index in [0.29, 0.717) is 12.2 Å². The van der Waals surface area contributed by atoms with Crippen molar-refractivity contribution in [2.24, 2.45) is 0 Å². The van der Waals surface area contributed by atoms with Crippen molar-refractivity contribution in [1.82, 2.24) is 26.3 Å². The topological polar surface area (TPSA) is 228 Å². The fraction of sp³-hybridized carbons (Fsp3) is 0.400. The number of carboxylic acid groups (broad SMARTS) is 1. The number of nitrogens with two attached hydrogens (primary N) is 1. The summed E-state index contributed by atoms with van der Waals surface area (Å²) in [6, 6.07) is 19.0. The summed E-state index contributed by atoms with van der Waals surface area (Å²) in [7, 11) is 0. The van der Waals surface area contributed by atoms with Crippen molar-refractivity contribution in [2.45, 2.75) is 116 Å². The molecule has 2 aromatic carbocycles. The number of hydrogen-bond acceptors (Lipinski definition) is 10. The number of carbonyl (C=O) groups excluding carboxylic acids is 5. The minimum absolute atomic E-state index is 0.124. The number of rotatable bonds is 17. The Morgan fingerprint density at radius 2 is 1.10 bits per heavy atom. The molecular weight excluding hydrogens is 769 g/mol. The second-order valence-corrected chi connectivity index (χ2v) is 15.9. The van der Waals surface area contributed by atoms with E-state index in [1.165, 1.54) is 6.92 Å². The summed E-state index contributed by atoms with van der Waals surface area (Å²) >= 11 is 0. The zero-order chi connectivity index (χ0) is 44.9. The number of alkyl carbamates (subject to hydrolysis) is 2. The summed E-state index contributed by atoms with van der Waals surface area (Å²) in [5.41, 5.74) is 6.97. The van der Waals surface area contributed by atoms with Gasteiger partial charge in [-0.3, -0.25) is 19.2 Å². The molecule has 7 N–H and O–H groups in total. The number of aryl methyl sites for hydroxylation is 1. The van der Waals surface area contributed by atoms with E-state index < -0.39 is 65.3 Å². The van der Waals surface area contributed by atoms with Crippen LogP contribution in [0.25, 0.3) is 12.2 Å². The van der Waals surface area contributed by atoms with E-state index >= 15 is 0 Å². The van der Waals surface area contributed by atoms with E-state index in [-0.39, 0.29) is 25.0 Å². The average molecular weight is 829 g/mol. The second-order valence-electron chi connectivity index (χ2n) is 15.9. The van der Waals surface area contributed by atoms with Gasteiger partial charge in [0.25, 0.3) is 0 Å². The molecule has 0 bridgehead atoms. The van der Waals surface area contributed by atoms with Crippen LogP contribution >= 0.6 is 0 Å². The SMILES string of the molecule is C[C@H](NC(=O)[C@@H](C/C=C/c1ccccc1)NC(=O)OC(C)(C)C)C(=O)CCc1ccc(N)nc1.C[C@H](NC(=O)[C@@H](C/C=C/c1ccccc1)NC(=O)OC(C)(C)C)C(=O)O. The third-order valence-corrected chi connectivity index (χ3v) is 8.06. The summed E-state index contributed by atoms with van der Waals surface area (Å²) in [6.45, 7) is 13.4. The van der Waals surface area contributed by atoms with Crippen molar-refractivity contribution in [3.8, 4) is 0 Å². The Morgan fingerprint density at radius 1 is 0.667 bits per heavy atom. The number of ether oxygens (including phenoxy) is 2. The Morgan fingerprint density at radius 3 is 1.48 bits per heavy atom. The Balaban J connectivity index is 0.000000429. The minimum atomic E-state index is -1.16. The summed E-state index contributed by atoms with van der Waals surface area (Å²) in [6.07, 6.45) is 8.57. The molecule has 1 aromatic heterocycles. The number of Topliss-reactive ketones (excluding diaryl/α,β-unsaturated/α-hetero) is 1. The van der Waals surface area contributed by atoms with Crippen molar-refractivity contribution in [3.05, 3.63) is 108 Å². The number of nitrogens with zero attached hydrogens (tertiary/aromatic N) is 1. The maximum atomic E-state index is 12.9. The number of carboxylic acids is 1. The van der Waals surface area contributed by atoms with Crippen LogP contribution in [0.1, 0.15) is 91.3 Å². The zero-order valence-corrected chi connectivity index (χ0v) is 35.7. The molecule has 0 aliphatic carbocycles. The number of nitrogens with one attached hydrogen (secondary N) is 4. The maximum absolute atomic E-state index is 12.9. The van der Waals surface area contributed by atoms with Gasteiger partial charge in [0.2, 0.25) is 11.8 Å². The van der Waals surface area contributed by atoms with Gasteiger partial charge >= 0.3 is 18.2 Å². The minimum Gasteiger partial charge on any atom is -0.480 e. The number of anilines is 1. The fourth-order valence-corrected chi connectivity index (χ4v) is 5.01. The van der Waals surface area contributed by atoms with Crippen molar-refractivity contribution in [3.63, 3.8) is 0 Å². The number of benzene rings is 2. The molecule has 0 radical (unpaired) electrons. The normalized spacial score (nSPS) is 13.4. The molecule has 3 rings (SSSR count). The van der Waals surface area contributed by atoms with Crippen LogP contribution in [-0.4, -0.2) is 81.2 Å². The highest BCUT2D eigenvalue weighted by atomic mass is 16.6. The molecule has 0 spiro atoms. The molecule has 0 unspecified atom stereocenters. The van der Waals surface area contributed by atoms with Gasteiger partial charge in [-0.2, -0.15) is 0 Å². The predicted octanol–water partition coefficient (Wildman–Crippen LogP) is 6.24. The quantitative estimate of drug-likeness (QED) is 0.0893. The molecule has 0 aliphatic heterocycles. The van der Waals surface area contributed by atoms with Gasteiger partial charge in [-0.05, 0) is 97.4 Å². The number of ketones is 1. The number of aromatic nitrogens is 1. The van der Waals surface area contributed by atoms with E-state index in [4.69, 9.17) is 20.3 Å². The van der Waals surface area contributed by atoms with Gasteiger partial charge in [0.05, 0.1) is 6.04 Å². The van der Waals surface area contributed by atoms with Crippen LogP contribution in [-0.2, 0) is 35.1 Å². The molecular formula is C45H60N6O9. The fourth-order valence-electron chi connectivity index (χ4n) is 5.01. The predicted molar refractivity (Wildman–Crippen MR) is 231 cm³/mol. The molecule has 15 heteroatoms. The van der Waals surface area contributed by atoms with Gasteiger partial charge in [-0.25, -0.2) is 14.6 Å². The van der Waals surface area contributed by atoms with E-state index in [1.807, 2.05) is 78.9 Å². The van der Waals surface area contributed by atoms with Gasteiger partial charge in [0.15, 0.2) is 5.78 Å².